The summed E-state index contributed by atoms with van der Waals surface area (Å²) in [5, 5.41) is 26.3. The largest absolute Gasteiger partial charge is 0.508 e. The van der Waals surface area contributed by atoms with E-state index in [1.54, 1.807) is 0 Å². The van der Waals surface area contributed by atoms with Crippen molar-refractivity contribution in [1.82, 2.24) is 0 Å². The summed E-state index contributed by atoms with van der Waals surface area (Å²) in [6.45, 7) is 0. The summed E-state index contributed by atoms with van der Waals surface area (Å²) in [4.78, 5) is 10.2. The van der Waals surface area contributed by atoms with E-state index in [-0.39, 0.29) is 17.9 Å². The summed E-state index contributed by atoms with van der Waals surface area (Å²) in [5.74, 6) is -1.27. The molecule has 0 aliphatic rings. The van der Waals surface area contributed by atoms with E-state index in [0.717, 1.165) is 6.07 Å². The van der Waals surface area contributed by atoms with Crippen LogP contribution < -0.4 is 0 Å². The van der Waals surface area contributed by atoms with Crippen LogP contribution in [0.25, 0.3) is 0 Å². The summed E-state index contributed by atoms with van der Waals surface area (Å²) < 4.78 is 0. The van der Waals surface area contributed by atoms with E-state index < -0.39 is 5.97 Å². The van der Waals surface area contributed by atoms with Crippen molar-refractivity contribution in [3.05, 3.63) is 23.8 Å². The van der Waals surface area contributed by atoms with E-state index in [0.29, 0.717) is 5.56 Å². The standard InChI is InChI=1S/C8H8O4/c9-6-1-5(3-8(11)12)2-7(10)4-6/h1-2,4,9-10H,3H2,(H,11,12). The maximum atomic E-state index is 10.2. The number of benzene rings is 1. The first-order chi connectivity index (χ1) is 5.58. The van der Waals surface area contributed by atoms with E-state index >= 15 is 0 Å². The van der Waals surface area contributed by atoms with Gasteiger partial charge in [-0.15, -0.1) is 0 Å². The monoisotopic (exact) mass is 168 g/mol. The Morgan fingerprint density at radius 2 is 1.67 bits per heavy atom. The summed E-state index contributed by atoms with van der Waals surface area (Å²) in [7, 11) is 0. The molecule has 0 aliphatic heterocycles. The van der Waals surface area contributed by atoms with Crippen molar-refractivity contribution >= 4 is 5.97 Å². The van der Waals surface area contributed by atoms with Crippen molar-refractivity contribution < 1.29 is 20.1 Å². The summed E-state index contributed by atoms with van der Waals surface area (Å²) >= 11 is 0. The zero-order valence-electron chi connectivity index (χ0n) is 6.19. The van der Waals surface area contributed by atoms with E-state index in [2.05, 4.69) is 0 Å². The molecule has 0 radical (unpaired) electrons. The van der Waals surface area contributed by atoms with Crippen LogP contribution in [-0.2, 0) is 11.2 Å². The van der Waals surface area contributed by atoms with Gasteiger partial charge in [0.25, 0.3) is 0 Å². The minimum atomic E-state index is -1.000. The molecule has 0 amide bonds. The third-order valence-corrected chi connectivity index (χ3v) is 1.32. The number of rotatable bonds is 2. The zero-order valence-corrected chi connectivity index (χ0v) is 6.19. The normalized spacial score (nSPS) is 9.67. The fourth-order valence-electron chi connectivity index (χ4n) is 0.933. The quantitative estimate of drug-likeness (QED) is 0.608. The van der Waals surface area contributed by atoms with Crippen molar-refractivity contribution in [2.24, 2.45) is 0 Å². The topological polar surface area (TPSA) is 77.8 Å². The summed E-state index contributed by atoms with van der Waals surface area (Å²) in [6, 6.07) is 3.74. The third-order valence-electron chi connectivity index (χ3n) is 1.32. The molecular formula is C8H8O4. The van der Waals surface area contributed by atoms with Crippen molar-refractivity contribution in [2.45, 2.75) is 6.42 Å². The predicted octanol–water partition coefficient (Wildman–Crippen LogP) is 0.725. The first-order valence-corrected chi connectivity index (χ1v) is 3.31. The minimum absolute atomic E-state index is 0.133. The summed E-state index contributed by atoms with van der Waals surface area (Å²) in [5.41, 5.74) is 0.375. The lowest BCUT2D eigenvalue weighted by molar-refractivity contribution is -0.136. The molecule has 4 heteroatoms. The third kappa shape index (κ3) is 2.16. The number of carboxylic acids is 1. The number of carbonyl (C=O) groups is 1. The maximum absolute atomic E-state index is 10.2. The van der Waals surface area contributed by atoms with Crippen LogP contribution in [0.1, 0.15) is 5.56 Å². The van der Waals surface area contributed by atoms with Crippen LogP contribution in [0.3, 0.4) is 0 Å². The Balaban J connectivity index is 2.93. The Bertz CT molecular complexity index is 286. The van der Waals surface area contributed by atoms with Gasteiger partial charge in [0.15, 0.2) is 0 Å². The molecule has 4 nitrogen and oxygen atoms in total. The molecule has 64 valence electrons. The van der Waals surface area contributed by atoms with Crippen LogP contribution in [0, 0.1) is 0 Å². The second-order valence-corrected chi connectivity index (χ2v) is 2.43. The molecule has 0 unspecified atom stereocenters. The molecule has 0 saturated carbocycles. The van der Waals surface area contributed by atoms with Crippen molar-refractivity contribution in [1.29, 1.82) is 0 Å². The van der Waals surface area contributed by atoms with Crippen molar-refractivity contribution in [3.63, 3.8) is 0 Å². The van der Waals surface area contributed by atoms with E-state index in [9.17, 15) is 4.79 Å². The van der Waals surface area contributed by atoms with E-state index in [1.165, 1.54) is 12.1 Å². The van der Waals surface area contributed by atoms with Crippen LogP contribution in [-0.4, -0.2) is 21.3 Å². The van der Waals surface area contributed by atoms with Crippen LogP contribution in [0.15, 0.2) is 18.2 Å². The van der Waals surface area contributed by atoms with Gasteiger partial charge < -0.3 is 15.3 Å². The Morgan fingerprint density at radius 1 is 1.17 bits per heavy atom. The van der Waals surface area contributed by atoms with Crippen LogP contribution in [0.5, 0.6) is 11.5 Å². The smallest absolute Gasteiger partial charge is 0.307 e. The SMILES string of the molecule is O=C(O)Cc1cc(O)cc(O)c1. The molecule has 12 heavy (non-hydrogen) atoms. The van der Waals surface area contributed by atoms with Crippen molar-refractivity contribution in [3.8, 4) is 11.5 Å². The fourth-order valence-corrected chi connectivity index (χ4v) is 0.933. The molecule has 1 aromatic rings. The molecular weight excluding hydrogens is 160 g/mol. The first-order valence-electron chi connectivity index (χ1n) is 3.31. The molecule has 0 bridgehead atoms. The van der Waals surface area contributed by atoms with E-state index in [1.807, 2.05) is 0 Å². The molecule has 1 aromatic carbocycles. The molecule has 0 atom stereocenters. The number of aromatic hydroxyl groups is 2. The molecule has 0 aliphatic carbocycles. The first kappa shape index (κ1) is 8.39. The highest BCUT2D eigenvalue weighted by Gasteiger charge is 2.03. The number of aliphatic carboxylic acids is 1. The number of phenolic OH excluding ortho intramolecular Hbond substituents is 2. The molecule has 0 spiro atoms. The second-order valence-electron chi connectivity index (χ2n) is 2.43. The maximum Gasteiger partial charge on any atom is 0.307 e. The Hall–Kier alpha value is -1.71. The summed E-state index contributed by atoms with van der Waals surface area (Å²) in [6.07, 6.45) is -0.206. The van der Waals surface area contributed by atoms with Crippen molar-refractivity contribution in [2.75, 3.05) is 0 Å². The number of hydrogen-bond acceptors (Lipinski definition) is 3. The van der Waals surface area contributed by atoms with Gasteiger partial charge in [0.05, 0.1) is 6.42 Å². The number of carboxylic acid groups (broad SMARTS) is 1. The second kappa shape index (κ2) is 3.13. The Kier molecular flexibility index (Phi) is 2.19. The van der Waals surface area contributed by atoms with Gasteiger partial charge in [0.2, 0.25) is 0 Å². The molecule has 0 heterocycles. The lowest BCUT2D eigenvalue weighted by atomic mass is 10.1. The Labute approximate surface area is 68.7 Å². The molecule has 0 saturated heterocycles. The van der Waals surface area contributed by atoms with Gasteiger partial charge >= 0.3 is 5.97 Å². The Morgan fingerprint density at radius 3 is 2.08 bits per heavy atom. The molecule has 0 fully saturated rings. The minimum Gasteiger partial charge on any atom is -0.508 e. The van der Waals surface area contributed by atoms with Gasteiger partial charge in [0.1, 0.15) is 11.5 Å². The highest BCUT2D eigenvalue weighted by molar-refractivity contribution is 5.70. The van der Waals surface area contributed by atoms with Gasteiger partial charge in [0, 0.05) is 6.07 Å². The average Bonchev–Trinajstić information content (AvgIpc) is 1.81. The van der Waals surface area contributed by atoms with Gasteiger partial charge in [-0.3, -0.25) is 4.79 Å². The lowest BCUT2D eigenvalue weighted by Gasteiger charge is -1.99. The highest BCUT2D eigenvalue weighted by Crippen LogP contribution is 2.20. The van der Waals surface area contributed by atoms with E-state index in [4.69, 9.17) is 15.3 Å². The molecule has 1 rings (SSSR count). The molecule has 3 N–H and O–H groups in total. The zero-order chi connectivity index (χ0) is 9.14. The van der Waals surface area contributed by atoms with Gasteiger partial charge in [-0.05, 0) is 17.7 Å². The average molecular weight is 168 g/mol. The molecule has 0 aromatic heterocycles. The highest BCUT2D eigenvalue weighted by atomic mass is 16.4. The number of phenols is 2. The van der Waals surface area contributed by atoms with Crippen LogP contribution >= 0.6 is 0 Å². The number of hydrogen-bond donors (Lipinski definition) is 3. The van der Waals surface area contributed by atoms with Crippen LogP contribution in [0.2, 0.25) is 0 Å². The fraction of sp³-hybridized carbons (Fsp3) is 0.125. The van der Waals surface area contributed by atoms with Crippen LogP contribution in [0.4, 0.5) is 0 Å². The lowest BCUT2D eigenvalue weighted by Crippen LogP contribution is -1.99. The van der Waals surface area contributed by atoms with Gasteiger partial charge in [-0.1, -0.05) is 0 Å². The van der Waals surface area contributed by atoms with Gasteiger partial charge in [-0.25, -0.2) is 0 Å². The predicted molar refractivity (Wildman–Crippen MR) is 41.1 cm³/mol. The van der Waals surface area contributed by atoms with Gasteiger partial charge in [-0.2, -0.15) is 0 Å².